The number of aryl methyl sites for hydroxylation is 2. The molecule has 0 aliphatic rings. The molecule has 2 aromatic carbocycles. The number of amides is 2. The van der Waals surface area contributed by atoms with E-state index in [0.717, 1.165) is 16.7 Å². The number of carbonyl (C=O) groups excluding carboxylic acids is 2. The van der Waals surface area contributed by atoms with E-state index in [1.54, 1.807) is 36.7 Å². The van der Waals surface area contributed by atoms with Crippen molar-refractivity contribution in [1.82, 2.24) is 10.3 Å². The van der Waals surface area contributed by atoms with E-state index in [2.05, 4.69) is 15.6 Å². The maximum absolute atomic E-state index is 12.9. The molecule has 0 radical (unpaired) electrons. The van der Waals surface area contributed by atoms with E-state index in [4.69, 9.17) is 4.74 Å². The standard InChI is InChI=1S/C25H27N3O3/c1-4-22(31-23-14-17(2)11-12-18(23)3)25(30)28-21-10-6-5-9-20(21)24(29)27-16-19-8-7-13-26-15-19/h5-15,22H,4,16H2,1-3H3,(H,27,29)(H,28,30). The first-order chi connectivity index (χ1) is 15.0. The lowest BCUT2D eigenvalue weighted by Gasteiger charge is -2.20. The Labute approximate surface area is 182 Å². The molecule has 1 heterocycles. The van der Waals surface area contributed by atoms with Crippen LogP contribution < -0.4 is 15.4 Å². The largest absolute Gasteiger partial charge is 0.480 e. The van der Waals surface area contributed by atoms with Crippen LogP contribution >= 0.6 is 0 Å². The minimum Gasteiger partial charge on any atom is -0.480 e. The smallest absolute Gasteiger partial charge is 0.265 e. The lowest BCUT2D eigenvalue weighted by Crippen LogP contribution is -2.33. The third-order valence-electron chi connectivity index (χ3n) is 4.88. The number of hydrogen-bond donors (Lipinski definition) is 2. The summed E-state index contributed by atoms with van der Waals surface area (Å²) in [6.45, 7) is 6.17. The fourth-order valence-electron chi connectivity index (χ4n) is 3.09. The average Bonchev–Trinajstić information content (AvgIpc) is 2.79. The fourth-order valence-corrected chi connectivity index (χ4v) is 3.09. The van der Waals surface area contributed by atoms with Gasteiger partial charge in [-0.3, -0.25) is 14.6 Å². The molecule has 6 heteroatoms. The SMILES string of the molecule is CCC(Oc1cc(C)ccc1C)C(=O)Nc1ccccc1C(=O)NCc1cccnc1. The van der Waals surface area contributed by atoms with Gasteiger partial charge in [-0.2, -0.15) is 0 Å². The van der Waals surface area contributed by atoms with E-state index < -0.39 is 6.10 Å². The maximum Gasteiger partial charge on any atom is 0.265 e. The summed E-state index contributed by atoms with van der Waals surface area (Å²) >= 11 is 0. The molecule has 0 spiro atoms. The van der Waals surface area contributed by atoms with Crippen LogP contribution in [0, 0.1) is 13.8 Å². The lowest BCUT2D eigenvalue weighted by atomic mass is 10.1. The molecule has 3 rings (SSSR count). The number of para-hydroxylation sites is 1. The summed E-state index contributed by atoms with van der Waals surface area (Å²) in [5, 5.41) is 5.72. The van der Waals surface area contributed by atoms with Gasteiger partial charge in [-0.15, -0.1) is 0 Å². The van der Waals surface area contributed by atoms with Crippen molar-refractivity contribution in [3.8, 4) is 5.75 Å². The minimum absolute atomic E-state index is 0.275. The van der Waals surface area contributed by atoms with Gasteiger partial charge in [-0.1, -0.05) is 37.3 Å². The van der Waals surface area contributed by atoms with Crippen molar-refractivity contribution in [1.29, 1.82) is 0 Å². The van der Waals surface area contributed by atoms with E-state index in [-0.39, 0.29) is 11.8 Å². The Hall–Kier alpha value is -3.67. The van der Waals surface area contributed by atoms with Crippen molar-refractivity contribution in [2.45, 2.75) is 39.8 Å². The van der Waals surface area contributed by atoms with Crippen LogP contribution in [-0.2, 0) is 11.3 Å². The van der Waals surface area contributed by atoms with Crippen molar-refractivity contribution in [3.05, 3.63) is 89.2 Å². The molecule has 2 amide bonds. The highest BCUT2D eigenvalue weighted by Crippen LogP contribution is 2.22. The molecule has 31 heavy (non-hydrogen) atoms. The molecule has 0 saturated carbocycles. The highest BCUT2D eigenvalue weighted by molar-refractivity contribution is 6.04. The summed E-state index contributed by atoms with van der Waals surface area (Å²) in [6, 6.07) is 16.5. The topological polar surface area (TPSA) is 80.3 Å². The van der Waals surface area contributed by atoms with Crippen LogP contribution in [0.1, 0.15) is 40.4 Å². The molecular weight excluding hydrogens is 390 g/mol. The highest BCUT2D eigenvalue weighted by atomic mass is 16.5. The number of ether oxygens (including phenoxy) is 1. The van der Waals surface area contributed by atoms with E-state index in [1.165, 1.54) is 0 Å². The molecule has 160 valence electrons. The van der Waals surface area contributed by atoms with Crippen molar-refractivity contribution in [3.63, 3.8) is 0 Å². The molecule has 1 aromatic heterocycles. The zero-order chi connectivity index (χ0) is 22.2. The minimum atomic E-state index is -0.674. The Morgan fingerprint density at radius 3 is 2.61 bits per heavy atom. The highest BCUT2D eigenvalue weighted by Gasteiger charge is 2.21. The van der Waals surface area contributed by atoms with Crippen LogP contribution in [0.25, 0.3) is 0 Å². The average molecular weight is 418 g/mol. The van der Waals surface area contributed by atoms with Crippen molar-refractivity contribution < 1.29 is 14.3 Å². The Balaban J connectivity index is 1.70. The predicted molar refractivity (Wildman–Crippen MR) is 121 cm³/mol. The summed E-state index contributed by atoms with van der Waals surface area (Å²) in [7, 11) is 0. The number of nitrogens with one attached hydrogen (secondary N) is 2. The number of benzene rings is 2. The van der Waals surface area contributed by atoms with Crippen LogP contribution in [0.15, 0.2) is 67.0 Å². The Bertz CT molecular complexity index is 1050. The van der Waals surface area contributed by atoms with Crippen molar-refractivity contribution in [2.24, 2.45) is 0 Å². The van der Waals surface area contributed by atoms with E-state index in [0.29, 0.717) is 30.0 Å². The molecule has 1 atom stereocenters. The van der Waals surface area contributed by atoms with Gasteiger partial charge in [0.15, 0.2) is 6.10 Å². The molecule has 1 unspecified atom stereocenters. The molecule has 0 aliphatic heterocycles. The van der Waals surface area contributed by atoms with Gasteiger partial charge in [0.2, 0.25) is 0 Å². The lowest BCUT2D eigenvalue weighted by molar-refractivity contribution is -0.122. The Morgan fingerprint density at radius 1 is 1.06 bits per heavy atom. The van der Waals surface area contributed by atoms with Crippen LogP contribution in [0.2, 0.25) is 0 Å². The zero-order valence-electron chi connectivity index (χ0n) is 18.0. The molecule has 0 saturated heterocycles. The van der Waals surface area contributed by atoms with E-state index in [9.17, 15) is 9.59 Å². The first-order valence-corrected chi connectivity index (χ1v) is 10.3. The van der Waals surface area contributed by atoms with E-state index >= 15 is 0 Å². The van der Waals surface area contributed by atoms with Gasteiger partial charge in [0.05, 0.1) is 11.3 Å². The van der Waals surface area contributed by atoms with Crippen molar-refractivity contribution >= 4 is 17.5 Å². The van der Waals surface area contributed by atoms with Gasteiger partial charge < -0.3 is 15.4 Å². The first-order valence-electron chi connectivity index (χ1n) is 10.3. The first kappa shape index (κ1) is 22.0. The van der Waals surface area contributed by atoms with E-state index in [1.807, 2.05) is 51.1 Å². The summed E-state index contributed by atoms with van der Waals surface area (Å²) in [6.07, 6.45) is 3.20. The Morgan fingerprint density at radius 2 is 1.87 bits per heavy atom. The molecular formula is C25H27N3O3. The van der Waals surface area contributed by atoms with Gasteiger partial charge in [-0.05, 0) is 61.2 Å². The second-order valence-corrected chi connectivity index (χ2v) is 7.36. The number of hydrogen-bond acceptors (Lipinski definition) is 4. The van der Waals surface area contributed by atoms with Crippen LogP contribution in [0.3, 0.4) is 0 Å². The zero-order valence-corrected chi connectivity index (χ0v) is 18.0. The third-order valence-corrected chi connectivity index (χ3v) is 4.88. The molecule has 3 aromatic rings. The molecule has 0 fully saturated rings. The number of anilines is 1. The summed E-state index contributed by atoms with van der Waals surface area (Å²) in [5.74, 6) is 0.115. The molecule has 0 bridgehead atoms. The van der Waals surface area contributed by atoms with Crippen molar-refractivity contribution in [2.75, 3.05) is 5.32 Å². The van der Waals surface area contributed by atoms with Gasteiger partial charge in [-0.25, -0.2) is 0 Å². The quantitative estimate of drug-likeness (QED) is 0.568. The van der Waals surface area contributed by atoms with Crippen LogP contribution in [0.5, 0.6) is 5.75 Å². The third kappa shape index (κ3) is 5.92. The molecule has 6 nitrogen and oxygen atoms in total. The number of aromatic nitrogens is 1. The number of nitrogens with zero attached hydrogens (tertiary/aromatic N) is 1. The fraction of sp³-hybridized carbons (Fsp3) is 0.240. The van der Waals surface area contributed by atoms with Gasteiger partial charge >= 0.3 is 0 Å². The predicted octanol–water partition coefficient (Wildman–Crippen LogP) is 4.42. The molecule has 0 aliphatic carbocycles. The number of pyridine rings is 1. The number of rotatable bonds is 8. The second-order valence-electron chi connectivity index (χ2n) is 7.36. The number of carbonyl (C=O) groups is 2. The second kappa shape index (κ2) is 10.4. The van der Waals surface area contributed by atoms with Gasteiger partial charge in [0.25, 0.3) is 11.8 Å². The van der Waals surface area contributed by atoms with Gasteiger partial charge in [0, 0.05) is 18.9 Å². The Kier molecular flexibility index (Phi) is 7.38. The maximum atomic E-state index is 12.9. The van der Waals surface area contributed by atoms with Gasteiger partial charge in [0.1, 0.15) is 5.75 Å². The molecule has 2 N–H and O–H groups in total. The van der Waals surface area contributed by atoms with Crippen LogP contribution in [-0.4, -0.2) is 22.9 Å². The summed E-state index contributed by atoms with van der Waals surface area (Å²) in [4.78, 5) is 29.7. The normalized spacial score (nSPS) is 11.5. The monoisotopic (exact) mass is 417 g/mol. The van der Waals surface area contributed by atoms with Crippen LogP contribution in [0.4, 0.5) is 5.69 Å². The summed E-state index contributed by atoms with van der Waals surface area (Å²) < 4.78 is 6.00. The summed E-state index contributed by atoms with van der Waals surface area (Å²) in [5.41, 5.74) is 3.75.